The van der Waals surface area contributed by atoms with E-state index in [9.17, 15) is 9.90 Å². The van der Waals surface area contributed by atoms with Crippen molar-refractivity contribution in [2.75, 3.05) is 25.4 Å². The monoisotopic (exact) mass is 451 g/mol. The molecule has 0 bridgehead atoms. The van der Waals surface area contributed by atoms with Gasteiger partial charge in [0.2, 0.25) is 0 Å². The smallest absolute Gasteiger partial charge is 0.410 e. The predicted octanol–water partition coefficient (Wildman–Crippen LogP) is 1.01. The Hall–Kier alpha value is -2.54. The van der Waals surface area contributed by atoms with Crippen molar-refractivity contribution in [3.63, 3.8) is 0 Å². The first kappa shape index (κ1) is 24.1. The molecule has 1 saturated heterocycles. The van der Waals surface area contributed by atoms with E-state index in [1.807, 2.05) is 0 Å². The fraction of sp³-hybridized carbons (Fsp3) is 0.700. The molecule has 3 atom stereocenters. The van der Waals surface area contributed by atoms with E-state index in [0.29, 0.717) is 24.1 Å². The van der Waals surface area contributed by atoms with Crippen LogP contribution in [0.5, 0.6) is 0 Å². The molecule has 3 rings (SSSR count). The molecular weight excluding hydrogens is 418 g/mol. The molecule has 0 saturated carbocycles. The second-order valence-corrected chi connectivity index (χ2v) is 9.29. The molecule has 1 aliphatic heterocycles. The van der Waals surface area contributed by atoms with Crippen LogP contribution < -0.4 is 11.5 Å². The van der Waals surface area contributed by atoms with Gasteiger partial charge in [-0.25, -0.2) is 19.7 Å². The Kier molecular flexibility index (Phi) is 6.89. The zero-order valence-corrected chi connectivity index (χ0v) is 19.2. The maximum absolute atomic E-state index is 12.6. The maximum Gasteiger partial charge on any atom is 0.410 e. The number of anilines is 1. The topological polar surface area (TPSA) is 164 Å². The molecule has 12 nitrogen and oxygen atoms in total. The van der Waals surface area contributed by atoms with Crippen molar-refractivity contribution in [1.29, 1.82) is 0 Å². The van der Waals surface area contributed by atoms with E-state index >= 15 is 0 Å². The summed E-state index contributed by atoms with van der Waals surface area (Å²) < 4.78 is 19.3. The highest BCUT2D eigenvalue weighted by Crippen LogP contribution is 2.35. The number of fused-ring (bicyclic) bond motifs is 1. The molecule has 0 radical (unpaired) electrons. The summed E-state index contributed by atoms with van der Waals surface area (Å²) in [5, 5.41) is 10.3. The molecule has 1 fully saturated rings. The number of imidazole rings is 1. The first-order valence-corrected chi connectivity index (χ1v) is 10.5. The van der Waals surface area contributed by atoms with Crippen molar-refractivity contribution in [2.45, 2.75) is 70.9 Å². The lowest BCUT2D eigenvalue weighted by Crippen LogP contribution is -2.43. The minimum atomic E-state index is -1.40. The van der Waals surface area contributed by atoms with Gasteiger partial charge in [-0.2, -0.15) is 0 Å². The third-order valence-electron chi connectivity index (χ3n) is 4.72. The number of amides is 1. The lowest BCUT2D eigenvalue weighted by molar-refractivity contribution is -0.222. The van der Waals surface area contributed by atoms with Crippen molar-refractivity contribution in [3.8, 4) is 0 Å². The summed E-state index contributed by atoms with van der Waals surface area (Å²) in [5.41, 5.74) is 11.9. The lowest BCUT2D eigenvalue weighted by Gasteiger charge is -2.28. The number of rotatable bonds is 7. The van der Waals surface area contributed by atoms with Crippen LogP contribution in [0.3, 0.4) is 0 Å². The first-order chi connectivity index (χ1) is 14.9. The number of aromatic nitrogens is 4. The third-order valence-corrected chi connectivity index (χ3v) is 4.72. The standard InChI is InChI=1S/C20H33N7O5/c1-19(2,3)32-18(28)26(7-6-21)9-12-8-13(31-20(4,5)29)17(30-12)27-11-25-14-15(22)23-10-24-16(14)27/h10-13,17,29H,6-9,21H2,1-5H3,(H2,22,23,24). The quantitative estimate of drug-likeness (QED) is 0.517. The summed E-state index contributed by atoms with van der Waals surface area (Å²) in [6, 6.07) is 0. The van der Waals surface area contributed by atoms with Gasteiger partial charge in [-0.05, 0) is 34.6 Å². The van der Waals surface area contributed by atoms with Crippen LogP contribution >= 0.6 is 0 Å². The molecule has 12 heteroatoms. The number of hydrogen-bond acceptors (Lipinski definition) is 10. The molecule has 3 heterocycles. The summed E-state index contributed by atoms with van der Waals surface area (Å²) in [5.74, 6) is -1.14. The average Bonchev–Trinajstić information content (AvgIpc) is 3.23. The molecule has 0 spiro atoms. The fourth-order valence-electron chi connectivity index (χ4n) is 3.60. The van der Waals surface area contributed by atoms with E-state index in [2.05, 4.69) is 15.0 Å². The van der Waals surface area contributed by atoms with Gasteiger partial charge in [-0.15, -0.1) is 0 Å². The highest BCUT2D eigenvalue weighted by atomic mass is 16.7. The zero-order chi connectivity index (χ0) is 23.7. The number of nitrogen functional groups attached to an aromatic ring is 1. The first-order valence-electron chi connectivity index (χ1n) is 10.5. The predicted molar refractivity (Wildman–Crippen MR) is 116 cm³/mol. The minimum absolute atomic E-state index is 0.248. The van der Waals surface area contributed by atoms with Gasteiger partial charge in [0.05, 0.1) is 19.0 Å². The third kappa shape index (κ3) is 5.82. The number of carbonyl (C=O) groups excluding carboxylic acids is 1. The van der Waals surface area contributed by atoms with Crippen LogP contribution in [0, 0.1) is 0 Å². The Morgan fingerprint density at radius 1 is 1.31 bits per heavy atom. The molecular formula is C20H33N7O5. The van der Waals surface area contributed by atoms with Crippen molar-refractivity contribution >= 4 is 23.1 Å². The second-order valence-electron chi connectivity index (χ2n) is 9.29. The van der Waals surface area contributed by atoms with Gasteiger partial charge in [0.1, 0.15) is 23.5 Å². The Labute approximate surface area is 186 Å². The van der Waals surface area contributed by atoms with E-state index in [0.717, 1.165) is 0 Å². The summed E-state index contributed by atoms with van der Waals surface area (Å²) in [6.07, 6.45) is 1.26. The molecule has 32 heavy (non-hydrogen) atoms. The normalized spacial score (nSPS) is 21.8. The Morgan fingerprint density at radius 3 is 2.66 bits per heavy atom. The van der Waals surface area contributed by atoms with Gasteiger partial charge in [0.25, 0.3) is 0 Å². The molecule has 3 unspecified atom stereocenters. The van der Waals surface area contributed by atoms with Crippen LogP contribution in [0.2, 0.25) is 0 Å². The molecule has 5 N–H and O–H groups in total. The van der Waals surface area contributed by atoms with Crippen LogP contribution in [0.15, 0.2) is 12.7 Å². The Bertz CT molecular complexity index is 937. The van der Waals surface area contributed by atoms with E-state index < -0.39 is 35.9 Å². The van der Waals surface area contributed by atoms with Crippen molar-refractivity contribution in [1.82, 2.24) is 24.4 Å². The zero-order valence-electron chi connectivity index (χ0n) is 19.2. The van der Waals surface area contributed by atoms with E-state index in [4.69, 9.17) is 25.7 Å². The van der Waals surface area contributed by atoms with Gasteiger partial charge in [-0.3, -0.25) is 4.57 Å². The fourth-order valence-corrected chi connectivity index (χ4v) is 3.60. The van der Waals surface area contributed by atoms with Gasteiger partial charge < -0.3 is 35.7 Å². The SMILES string of the molecule is CC(C)(C)OC(=O)N(CCN)CC1CC(OC(C)(C)O)C(n2cnc3c(N)ncnc32)O1. The van der Waals surface area contributed by atoms with E-state index in [1.165, 1.54) is 11.2 Å². The molecule has 2 aromatic rings. The maximum atomic E-state index is 12.6. The van der Waals surface area contributed by atoms with Gasteiger partial charge in [-0.1, -0.05) is 0 Å². The second kappa shape index (κ2) is 9.14. The number of ether oxygens (including phenoxy) is 3. The Balaban J connectivity index is 1.84. The average molecular weight is 452 g/mol. The van der Waals surface area contributed by atoms with Crippen LogP contribution in [0.1, 0.15) is 47.3 Å². The van der Waals surface area contributed by atoms with E-state index in [1.54, 1.807) is 45.5 Å². The number of nitrogens with two attached hydrogens (primary N) is 2. The highest BCUT2D eigenvalue weighted by Gasteiger charge is 2.42. The lowest BCUT2D eigenvalue weighted by atomic mass is 10.1. The summed E-state index contributed by atoms with van der Waals surface area (Å²) in [7, 11) is 0. The molecule has 1 amide bonds. The van der Waals surface area contributed by atoms with Crippen molar-refractivity contribution in [3.05, 3.63) is 12.7 Å². The van der Waals surface area contributed by atoms with E-state index in [-0.39, 0.29) is 18.9 Å². The number of nitrogens with zero attached hydrogens (tertiary/aromatic N) is 5. The van der Waals surface area contributed by atoms with Crippen molar-refractivity contribution in [2.24, 2.45) is 5.73 Å². The van der Waals surface area contributed by atoms with Crippen LogP contribution in [0.4, 0.5) is 10.6 Å². The van der Waals surface area contributed by atoms with Gasteiger partial charge in [0, 0.05) is 19.5 Å². The number of aliphatic hydroxyl groups is 1. The number of carbonyl (C=O) groups is 1. The van der Waals surface area contributed by atoms with Gasteiger partial charge >= 0.3 is 6.09 Å². The summed E-state index contributed by atoms with van der Waals surface area (Å²) in [6.45, 7) is 9.35. The summed E-state index contributed by atoms with van der Waals surface area (Å²) >= 11 is 0. The van der Waals surface area contributed by atoms with Crippen LogP contribution in [-0.4, -0.2) is 78.8 Å². The Morgan fingerprint density at radius 2 is 2.03 bits per heavy atom. The number of hydrogen-bond donors (Lipinski definition) is 3. The van der Waals surface area contributed by atoms with Crippen LogP contribution in [0.25, 0.3) is 11.2 Å². The minimum Gasteiger partial charge on any atom is -0.444 e. The van der Waals surface area contributed by atoms with Crippen LogP contribution in [-0.2, 0) is 14.2 Å². The molecule has 2 aromatic heterocycles. The van der Waals surface area contributed by atoms with Crippen molar-refractivity contribution < 1.29 is 24.1 Å². The molecule has 1 aliphatic rings. The molecule has 0 aromatic carbocycles. The largest absolute Gasteiger partial charge is 0.444 e. The molecule has 178 valence electrons. The summed E-state index contributed by atoms with van der Waals surface area (Å²) in [4.78, 5) is 26.7. The highest BCUT2D eigenvalue weighted by molar-refractivity contribution is 5.81. The molecule has 0 aliphatic carbocycles. The van der Waals surface area contributed by atoms with Gasteiger partial charge in [0.15, 0.2) is 23.5 Å².